The van der Waals surface area contributed by atoms with Gasteiger partial charge in [-0.2, -0.15) is 0 Å². The monoisotopic (exact) mass is 279 g/mol. The summed E-state index contributed by atoms with van der Waals surface area (Å²) in [4.78, 5) is 0. The van der Waals surface area contributed by atoms with Gasteiger partial charge in [0, 0.05) is 6.04 Å². The van der Waals surface area contributed by atoms with Crippen LogP contribution < -0.4 is 5.73 Å². The quantitative estimate of drug-likeness (QED) is 0.809. The minimum absolute atomic E-state index is 0.222. The Labute approximate surface area is 128 Å². The number of benzene rings is 2. The number of nitrogens with two attached hydrogens (primary N) is 1. The fraction of sp³-hybridized carbons (Fsp3) is 0.400. The maximum atomic E-state index is 6.57. The maximum absolute atomic E-state index is 6.57. The van der Waals surface area contributed by atoms with E-state index in [-0.39, 0.29) is 6.04 Å². The first-order valence-corrected chi connectivity index (χ1v) is 8.22. The summed E-state index contributed by atoms with van der Waals surface area (Å²) in [5.74, 6) is 0.636. The summed E-state index contributed by atoms with van der Waals surface area (Å²) in [5, 5.41) is 0. The van der Waals surface area contributed by atoms with E-state index in [9.17, 15) is 0 Å². The first-order chi connectivity index (χ1) is 10.3. The van der Waals surface area contributed by atoms with Crippen molar-refractivity contribution < 1.29 is 0 Å². The minimum Gasteiger partial charge on any atom is -0.324 e. The first kappa shape index (κ1) is 14.3. The molecule has 3 rings (SSSR count). The molecule has 2 aromatic rings. The number of aryl methyl sites for hydroxylation is 2. The van der Waals surface area contributed by atoms with E-state index in [1.54, 1.807) is 0 Å². The highest BCUT2D eigenvalue weighted by Gasteiger charge is 2.23. The third kappa shape index (κ3) is 3.54. The molecule has 110 valence electrons. The number of hydrogen-bond acceptors (Lipinski definition) is 1. The van der Waals surface area contributed by atoms with E-state index < -0.39 is 0 Å². The SMILES string of the molecule is NC1c2ccccc2CCCC1CCCc1ccccc1. The Hall–Kier alpha value is -1.60. The summed E-state index contributed by atoms with van der Waals surface area (Å²) in [6.45, 7) is 0. The van der Waals surface area contributed by atoms with E-state index in [0.717, 1.165) is 0 Å². The summed E-state index contributed by atoms with van der Waals surface area (Å²) in [6.07, 6.45) is 7.39. The molecule has 2 N–H and O–H groups in total. The van der Waals surface area contributed by atoms with Gasteiger partial charge in [-0.3, -0.25) is 0 Å². The Bertz CT molecular complexity index is 561. The lowest BCUT2D eigenvalue weighted by Crippen LogP contribution is -2.21. The number of fused-ring (bicyclic) bond motifs is 1. The van der Waals surface area contributed by atoms with Gasteiger partial charge in [0.25, 0.3) is 0 Å². The van der Waals surface area contributed by atoms with Gasteiger partial charge in [-0.05, 0) is 61.1 Å². The molecule has 2 atom stereocenters. The molecule has 2 unspecified atom stereocenters. The molecule has 0 saturated heterocycles. The summed E-state index contributed by atoms with van der Waals surface area (Å²) in [7, 11) is 0. The van der Waals surface area contributed by atoms with Crippen molar-refractivity contribution in [2.45, 2.75) is 44.6 Å². The highest BCUT2D eigenvalue weighted by Crippen LogP contribution is 2.34. The van der Waals surface area contributed by atoms with E-state index in [2.05, 4.69) is 54.6 Å². The molecule has 21 heavy (non-hydrogen) atoms. The van der Waals surface area contributed by atoms with Crippen molar-refractivity contribution in [1.29, 1.82) is 0 Å². The van der Waals surface area contributed by atoms with Gasteiger partial charge in [-0.15, -0.1) is 0 Å². The summed E-state index contributed by atoms with van der Waals surface area (Å²) < 4.78 is 0. The third-order valence-corrected chi connectivity index (χ3v) is 4.83. The predicted molar refractivity (Wildman–Crippen MR) is 89.2 cm³/mol. The molecule has 0 bridgehead atoms. The zero-order valence-electron chi connectivity index (χ0n) is 12.7. The van der Waals surface area contributed by atoms with Crippen LogP contribution in [-0.4, -0.2) is 0 Å². The first-order valence-electron chi connectivity index (χ1n) is 8.22. The van der Waals surface area contributed by atoms with Crippen molar-refractivity contribution in [3.05, 3.63) is 71.3 Å². The van der Waals surface area contributed by atoms with Gasteiger partial charge in [-0.25, -0.2) is 0 Å². The Morgan fingerprint density at radius 1 is 0.952 bits per heavy atom. The standard InChI is InChI=1S/C20H25N/c21-20-18(13-6-10-16-8-2-1-3-9-16)14-7-12-17-11-4-5-15-19(17)20/h1-5,8-9,11,15,18,20H,6-7,10,12-14,21H2. The third-order valence-electron chi connectivity index (χ3n) is 4.83. The normalized spacial score (nSPS) is 21.6. The van der Waals surface area contributed by atoms with E-state index >= 15 is 0 Å². The molecule has 0 heterocycles. The summed E-state index contributed by atoms with van der Waals surface area (Å²) in [5.41, 5.74) is 10.9. The van der Waals surface area contributed by atoms with E-state index in [0.29, 0.717) is 5.92 Å². The Morgan fingerprint density at radius 3 is 2.57 bits per heavy atom. The molecule has 0 fully saturated rings. The average molecular weight is 279 g/mol. The molecular formula is C20H25N. The molecule has 2 aromatic carbocycles. The molecule has 0 aromatic heterocycles. The Kier molecular flexibility index (Phi) is 4.72. The van der Waals surface area contributed by atoms with Crippen LogP contribution in [0.2, 0.25) is 0 Å². The highest BCUT2D eigenvalue weighted by molar-refractivity contribution is 5.31. The summed E-state index contributed by atoms with van der Waals surface area (Å²) >= 11 is 0. The molecule has 1 heteroatoms. The van der Waals surface area contributed by atoms with Crippen LogP contribution in [0.1, 0.15) is 48.4 Å². The van der Waals surface area contributed by atoms with Crippen molar-refractivity contribution in [2.24, 2.45) is 11.7 Å². The van der Waals surface area contributed by atoms with Crippen molar-refractivity contribution in [1.82, 2.24) is 0 Å². The number of rotatable bonds is 4. The second-order valence-corrected chi connectivity index (χ2v) is 6.25. The molecule has 0 amide bonds. The fourth-order valence-corrected chi connectivity index (χ4v) is 3.61. The van der Waals surface area contributed by atoms with Gasteiger partial charge >= 0.3 is 0 Å². The molecule has 0 radical (unpaired) electrons. The fourth-order valence-electron chi connectivity index (χ4n) is 3.61. The number of hydrogen-bond donors (Lipinski definition) is 1. The van der Waals surface area contributed by atoms with Crippen LogP contribution in [-0.2, 0) is 12.8 Å². The molecule has 0 spiro atoms. The Morgan fingerprint density at radius 2 is 1.71 bits per heavy atom. The van der Waals surface area contributed by atoms with Gasteiger partial charge in [-0.1, -0.05) is 54.6 Å². The van der Waals surface area contributed by atoms with Crippen LogP contribution in [0.25, 0.3) is 0 Å². The second-order valence-electron chi connectivity index (χ2n) is 6.25. The van der Waals surface area contributed by atoms with Crippen LogP contribution >= 0.6 is 0 Å². The van der Waals surface area contributed by atoms with Crippen molar-refractivity contribution in [2.75, 3.05) is 0 Å². The lowest BCUT2D eigenvalue weighted by atomic mass is 9.87. The zero-order valence-corrected chi connectivity index (χ0v) is 12.7. The molecule has 1 aliphatic rings. The predicted octanol–water partition coefficient (Wildman–Crippen LogP) is 4.66. The van der Waals surface area contributed by atoms with Gasteiger partial charge in [0.15, 0.2) is 0 Å². The van der Waals surface area contributed by atoms with Gasteiger partial charge < -0.3 is 5.73 Å². The van der Waals surface area contributed by atoms with Crippen LogP contribution in [0, 0.1) is 5.92 Å². The van der Waals surface area contributed by atoms with Crippen LogP contribution in [0.4, 0.5) is 0 Å². The van der Waals surface area contributed by atoms with Crippen molar-refractivity contribution in [3.63, 3.8) is 0 Å². The molecule has 0 aliphatic heterocycles. The van der Waals surface area contributed by atoms with Crippen molar-refractivity contribution >= 4 is 0 Å². The largest absolute Gasteiger partial charge is 0.324 e. The van der Waals surface area contributed by atoms with Gasteiger partial charge in [0.1, 0.15) is 0 Å². The van der Waals surface area contributed by atoms with Crippen LogP contribution in [0.5, 0.6) is 0 Å². The smallest absolute Gasteiger partial charge is 0.0326 e. The lowest BCUT2D eigenvalue weighted by Gasteiger charge is -2.23. The van der Waals surface area contributed by atoms with E-state index in [1.807, 2.05) is 0 Å². The average Bonchev–Trinajstić information content (AvgIpc) is 2.69. The second kappa shape index (κ2) is 6.91. The zero-order chi connectivity index (χ0) is 14.5. The van der Waals surface area contributed by atoms with Crippen LogP contribution in [0.3, 0.4) is 0 Å². The van der Waals surface area contributed by atoms with Crippen LogP contribution in [0.15, 0.2) is 54.6 Å². The maximum Gasteiger partial charge on any atom is 0.0326 e. The molecule has 1 aliphatic carbocycles. The van der Waals surface area contributed by atoms with E-state index in [4.69, 9.17) is 5.73 Å². The summed E-state index contributed by atoms with van der Waals surface area (Å²) in [6, 6.07) is 19.8. The lowest BCUT2D eigenvalue weighted by molar-refractivity contribution is 0.368. The van der Waals surface area contributed by atoms with Gasteiger partial charge in [0.2, 0.25) is 0 Å². The molecular weight excluding hydrogens is 254 g/mol. The van der Waals surface area contributed by atoms with E-state index in [1.165, 1.54) is 55.2 Å². The highest BCUT2D eigenvalue weighted by atomic mass is 14.7. The Balaban J connectivity index is 1.61. The van der Waals surface area contributed by atoms with Gasteiger partial charge in [0.05, 0.1) is 0 Å². The molecule has 0 saturated carbocycles. The van der Waals surface area contributed by atoms with Crippen molar-refractivity contribution in [3.8, 4) is 0 Å². The molecule has 1 nitrogen and oxygen atoms in total. The minimum atomic E-state index is 0.222. The topological polar surface area (TPSA) is 26.0 Å².